The largest absolute Gasteiger partial charge is 0.545 e. The van der Waals surface area contributed by atoms with E-state index in [4.69, 9.17) is 16.3 Å². The van der Waals surface area contributed by atoms with E-state index in [-0.39, 0.29) is 5.56 Å². The lowest BCUT2D eigenvalue weighted by Crippen LogP contribution is -2.22. The van der Waals surface area contributed by atoms with Crippen LogP contribution in [0.5, 0.6) is 5.75 Å². The first-order valence-electron chi connectivity index (χ1n) is 3.19. The van der Waals surface area contributed by atoms with Crippen LogP contribution in [-0.2, 0) is 0 Å². The Kier molecular flexibility index (Phi) is 2.55. The molecule has 0 atom stereocenters. The number of hydrogen-bond acceptors (Lipinski definition) is 3. The van der Waals surface area contributed by atoms with Crippen LogP contribution in [0, 0.1) is 0 Å². The van der Waals surface area contributed by atoms with E-state index in [1.807, 2.05) is 0 Å². The van der Waals surface area contributed by atoms with Gasteiger partial charge in [-0.2, -0.15) is 0 Å². The minimum atomic E-state index is -1.27. The van der Waals surface area contributed by atoms with E-state index in [9.17, 15) is 9.90 Å². The van der Waals surface area contributed by atoms with Crippen molar-refractivity contribution >= 4 is 17.6 Å². The van der Waals surface area contributed by atoms with Crippen molar-refractivity contribution in [3.05, 3.63) is 28.8 Å². The standard InChI is InChI=1S/C8H7ClO3/c1-12-7-3-5(8(10)11)2-6(9)4-7/h2-4H,1H3,(H,10,11)/p-1. The Morgan fingerprint density at radius 3 is 2.67 bits per heavy atom. The fourth-order valence-electron chi connectivity index (χ4n) is 0.798. The first kappa shape index (κ1) is 8.87. The third-order valence-electron chi connectivity index (χ3n) is 1.34. The Balaban J connectivity index is 3.15. The molecule has 0 saturated heterocycles. The fraction of sp³-hybridized carbons (Fsp3) is 0.125. The van der Waals surface area contributed by atoms with Gasteiger partial charge in [0.05, 0.1) is 13.1 Å². The molecule has 0 fully saturated rings. The fourth-order valence-corrected chi connectivity index (χ4v) is 1.02. The Labute approximate surface area is 74.5 Å². The second-order valence-corrected chi connectivity index (χ2v) is 2.60. The molecular formula is C8H6ClO3-. The van der Waals surface area contributed by atoms with E-state index in [1.165, 1.54) is 25.3 Å². The first-order chi connectivity index (χ1) is 5.63. The normalized spacial score (nSPS) is 9.50. The molecule has 0 aliphatic rings. The van der Waals surface area contributed by atoms with Crippen molar-refractivity contribution in [1.29, 1.82) is 0 Å². The first-order valence-corrected chi connectivity index (χ1v) is 3.57. The molecule has 0 aromatic heterocycles. The van der Waals surface area contributed by atoms with Crippen molar-refractivity contribution in [2.24, 2.45) is 0 Å². The van der Waals surface area contributed by atoms with Crippen molar-refractivity contribution in [1.82, 2.24) is 0 Å². The number of ether oxygens (including phenoxy) is 1. The minimum Gasteiger partial charge on any atom is -0.545 e. The van der Waals surface area contributed by atoms with Crippen LogP contribution in [0.4, 0.5) is 0 Å². The van der Waals surface area contributed by atoms with E-state index in [0.29, 0.717) is 10.8 Å². The highest BCUT2D eigenvalue weighted by atomic mass is 35.5. The number of rotatable bonds is 2. The maximum Gasteiger partial charge on any atom is 0.121 e. The highest BCUT2D eigenvalue weighted by Crippen LogP contribution is 2.19. The van der Waals surface area contributed by atoms with E-state index >= 15 is 0 Å². The van der Waals surface area contributed by atoms with Crippen molar-refractivity contribution in [2.45, 2.75) is 0 Å². The van der Waals surface area contributed by atoms with Crippen molar-refractivity contribution in [3.8, 4) is 5.75 Å². The third-order valence-corrected chi connectivity index (χ3v) is 1.56. The minimum absolute atomic E-state index is 0.0133. The molecule has 1 aromatic rings. The molecule has 4 heteroatoms. The van der Waals surface area contributed by atoms with Gasteiger partial charge in [-0.05, 0) is 18.2 Å². The van der Waals surface area contributed by atoms with Crippen LogP contribution in [0.1, 0.15) is 10.4 Å². The summed E-state index contributed by atoms with van der Waals surface area (Å²) in [6.45, 7) is 0. The predicted molar refractivity (Wildman–Crippen MR) is 42.3 cm³/mol. The molecule has 0 aliphatic heterocycles. The quantitative estimate of drug-likeness (QED) is 0.682. The lowest BCUT2D eigenvalue weighted by atomic mass is 10.2. The molecule has 0 aliphatic carbocycles. The summed E-state index contributed by atoms with van der Waals surface area (Å²) >= 11 is 5.60. The number of carboxylic acid groups (broad SMARTS) is 1. The van der Waals surface area contributed by atoms with E-state index in [2.05, 4.69) is 0 Å². The summed E-state index contributed by atoms with van der Waals surface area (Å²) < 4.78 is 4.81. The van der Waals surface area contributed by atoms with Crippen molar-refractivity contribution in [2.75, 3.05) is 7.11 Å². The van der Waals surface area contributed by atoms with Gasteiger partial charge in [-0.1, -0.05) is 11.6 Å². The summed E-state index contributed by atoms with van der Waals surface area (Å²) in [5, 5.41) is 10.7. The number of carbonyl (C=O) groups is 1. The van der Waals surface area contributed by atoms with Crippen LogP contribution in [0.25, 0.3) is 0 Å². The number of aromatic carboxylic acids is 1. The third kappa shape index (κ3) is 1.89. The number of benzene rings is 1. The smallest absolute Gasteiger partial charge is 0.121 e. The SMILES string of the molecule is COc1cc(Cl)cc(C(=O)[O-])c1. The zero-order valence-electron chi connectivity index (χ0n) is 6.33. The van der Waals surface area contributed by atoms with Gasteiger partial charge in [0.25, 0.3) is 0 Å². The highest BCUT2D eigenvalue weighted by molar-refractivity contribution is 6.31. The molecular weight excluding hydrogens is 180 g/mol. The lowest BCUT2D eigenvalue weighted by molar-refractivity contribution is -0.255. The summed E-state index contributed by atoms with van der Waals surface area (Å²) in [6, 6.07) is 4.18. The second-order valence-electron chi connectivity index (χ2n) is 2.17. The molecule has 3 nitrogen and oxygen atoms in total. The summed E-state index contributed by atoms with van der Waals surface area (Å²) in [5.74, 6) is -0.863. The monoisotopic (exact) mass is 185 g/mol. The predicted octanol–water partition coefficient (Wildman–Crippen LogP) is 0.712. The van der Waals surface area contributed by atoms with E-state index in [1.54, 1.807) is 0 Å². The van der Waals surface area contributed by atoms with Gasteiger partial charge in [-0.3, -0.25) is 0 Å². The van der Waals surface area contributed by atoms with E-state index < -0.39 is 5.97 Å². The van der Waals surface area contributed by atoms with Crippen LogP contribution < -0.4 is 9.84 Å². The zero-order valence-corrected chi connectivity index (χ0v) is 7.09. The summed E-state index contributed by atoms with van der Waals surface area (Å²) in [7, 11) is 1.44. The Bertz CT molecular complexity index is 309. The number of hydrogen-bond donors (Lipinski definition) is 0. The molecule has 0 amide bonds. The van der Waals surface area contributed by atoms with E-state index in [0.717, 1.165) is 0 Å². The number of carbonyl (C=O) groups excluding carboxylic acids is 1. The average molecular weight is 186 g/mol. The van der Waals surface area contributed by atoms with Crippen molar-refractivity contribution < 1.29 is 14.6 Å². The Morgan fingerprint density at radius 1 is 1.50 bits per heavy atom. The topological polar surface area (TPSA) is 49.4 Å². The molecule has 0 bridgehead atoms. The van der Waals surface area contributed by atoms with Crippen LogP contribution >= 0.6 is 11.6 Å². The molecule has 0 spiro atoms. The Morgan fingerprint density at radius 2 is 2.17 bits per heavy atom. The molecule has 0 N–H and O–H groups in total. The highest BCUT2D eigenvalue weighted by Gasteiger charge is 1.99. The number of methoxy groups -OCH3 is 1. The van der Waals surface area contributed by atoms with Gasteiger partial charge in [-0.25, -0.2) is 0 Å². The summed E-state index contributed by atoms with van der Waals surface area (Å²) in [6.07, 6.45) is 0. The zero-order chi connectivity index (χ0) is 9.14. The molecule has 64 valence electrons. The number of carboxylic acids is 1. The molecule has 0 unspecified atom stereocenters. The van der Waals surface area contributed by atoms with Crippen LogP contribution in [0.2, 0.25) is 5.02 Å². The summed E-state index contributed by atoms with van der Waals surface area (Å²) in [5.41, 5.74) is 0.0133. The van der Waals surface area contributed by atoms with Crippen LogP contribution in [0.15, 0.2) is 18.2 Å². The average Bonchev–Trinajstić information content (AvgIpc) is 2.03. The second kappa shape index (κ2) is 3.45. The molecule has 12 heavy (non-hydrogen) atoms. The van der Waals surface area contributed by atoms with Gasteiger partial charge in [0.2, 0.25) is 0 Å². The lowest BCUT2D eigenvalue weighted by Gasteiger charge is -2.05. The maximum absolute atomic E-state index is 10.4. The molecule has 0 heterocycles. The molecule has 1 aromatic carbocycles. The van der Waals surface area contributed by atoms with Crippen molar-refractivity contribution in [3.63, 3.8) is 0 Å². The molecule has 0 saturated carbocycles. The maximum atomic E-state index is 10.4. The molecule has 0 radical (unpaired) electrons. The van der Waals surface area contributed by atoms with Gasteiger partial charge in [0, 0.05) is 10.6 Å². The van der Waals surface area contributed by atoms with Crippen LogP contribution in [0.3, 0.4) is 0 Å². The van der Waals surface area contributed by atoms with Gasteiger partial charge >= 0.3 is 0 Å². The number of halogens is 1. The summed E-state index contributed by atoms with van der Waals surface area (Å²) in [4.78, 5) is 10.4. The van der Waals surface area contributed by atoms with Gasteiger partial charge in [-0.15, -0.1) is 0 Å². The Hall–Kier alpha value is -1.22. The van der Waals surface area contributed by atoms with Crippen LogP contribution in [-0.4, -0.2) is 13.1 Å². The van der Waals surface area contributed by atoms with Gasteiger partial charge < -0.3 is 14.6 Å². The van der Waals surface area contributed by atoms with Gasteiger partial charge in [0.15, 0.2) is 0 Å². The molecule has 1 rings (SSSR count). The van der Waals surface area contributed by atoms with Gasteiger partial charge in [0.1, 0.15) is 5.75 Å².